The molecular weight excluding hydrogens is 372 g/mol. The van der Waals surface area contributed by atoms with Crippen LogP contribution >= 0.6 is 0 Å². The number of ether oxygens (including phenoxy) is 3. The van der Waals surface area contributed by atoms with Crippen molar-refractivity contribution in [3.05, 3.63) is 0 Å². The van der Waals surface area contributed by atoms with Gasteiger partial charge in [0.2, 0.25) is 5.91 Å². The Bertz CT molecular complexity index is 438. The zero-order valence-corrected chi connectivity index (χ0v) is 16.9. The summed E-state index contributed by atoms with van der Waals surface area (Å²) in [7, 11) is 1.31. The van der Waals surface area contributed by atoms with Crippen molar-refractivity contribution < 1.29 is 38.7 Å². The number of amides is 1. The number of aliphatic hydroxyl groups excluding tert-OH is 1. The molecule has 1 aliphatic heterocycles. The largest absolute Gasteiger partial charge is 0.469 e. The van der Waals surface area contributed by atoms with Crippen LogP contribution in [0.2, 0.25) is 0 Å². The molecule has 2 unspecified atom stereocenters. The van der Waals surface area contributed by atoms with E-state index in [1.54, 1.807) is 0 Å². The summed E-state index contributed by atoms with van der Waals surface area (Å²) in [5.74, 6) is 0.0727. The van der Waals surface area contributed by atoms with Gasteiger partial charge in [0.1, 0.15) is 12.8 Å². The molecule has 164 valence electrons. The van der Waals surface area contributed by atoms with Crippen molar-refractivity contribution in [2.45, 2.75) is 32.4 Å². The Morgan fingerprint density at radius 3 is 2.39 bits per heavy atom. The molecule has 2 atom stereocenters. The summed E-state index contributed by atoms with van der Waals surface area (Å²) in [5.41, 5.74) is 0. The van der Waals surface area contributed by atoms with Crippen LogP contribution in [-0.4, -0.2) is 94.5 Å². The highest BCUT2D eigenvalue weighted by molar-refractivity contribution is 5.76. The summed E-state index contributed by atoms with van der Waals surface area (Å²) >= 11 is 0. The monoisotopic (exact) mass is 406 g/mol. The molecule has 0 radical (unpaired) electrons. The van der Waals surface area contributed by atoms with Crippen molar-refractivity contribution >= 4 is 11.9 Å². The third kappa shape index (κ3) is 12.2. The summed E-state index contributed by atoms with van der Waals surface area (Å²) in [6.07, 6.45) is 0.852. The second-order valence-electron chi connectivity index (χ2n) is 6.61. The number of likely N-dealkylation sites (tertiary alicyclic amines) is 1. The fourth-order valence-corrected chi connectivity index (χ4v) is 2.70. The second-order valence-corrected chi connectivity index (χ2v) is 6.61. The van der Waals surface area contributed by atoms with Crippen LogP contribution in [0.5, 0.6) is 0 Å². The maximum absolute atomic E-state index is 11.8. The lowest BCUT2D eigenvalue weighted by Gasteiger charge is -2.19. The molecule has 10 heteroatoms. The number of carbonyl (C=O) groups excluding carboxylic acids is 2. The van der Waals surface area contributed by atoms with Gasteiger partial charge in [-0.2, -0.15) is 0 Å². The number of hydrogen-bond donors (Lipinski definition) is 2. The van der Waals surface area contributed by atoms with Crippen molar-refractivity contribution in [3.63, 3.8) is 0 Å². The lowest BCUT2D eigenvalue weighted by atomic mass is 10.1. The maximum atomic E-state index is 11.8. The van der Waals surface area contributed by atoms with E-state index < -0.39 is 6.23 Å². The molecule has 0 saturated carbocycles. The summed E-state index contributed by atoms with van der Waals surface area (Å²) < 4.78 is 15.1. The standard InChI is InChI=1S/C18H34N2O8/c1-15-13-17(22)20(14-15)6-3-16(21)19-5-8-25-9-10-26-11-12-28-27-7-4-18(23)24-2/h15,17,22H,3-14H2,1-2H3,(H,19,21). The first-order valence-corrected chi connectivity index (χ1v) is 9.68. The first-order valence-electron chi connectivity index (χ1n) is 9.68. The molecule has 1 amide bonds. The maximum Gasteiger partial charge on any atom is 0.307 e. The van der Waals surface area contributed by atoms with Gasteiger partial charge in [-0.15, -0.1) is 0 Å². The van der Waals surface area contributed by atoms with E-state index >= 15 is 0 Å². The number of esters is 1. The Hall–Kier alpha value is -1.30. The van der Waals surface area contributed by atoms with Gasteiger partial charge in [0.05, 0.1) is 46.6 Å². The molecule has 0 aliphatic carbocycles. The molecule has 0 bridgehead atoms. The number of aliphatic hydroxyl groups is 1. The highest BCUT2D eigenvalue weighted by Gasteiger charge is 2.27. The van der Waals surface area contributed by atoms with E-state index in [0.717, 1.165) is 13.0 Å². The van der Waals surface area contributed by atoms with Crippen LogP contribution < -0.4 is 5.32 Å². The quantitative estimate of drug-likeness (QED) is 0.154. The van der Waals surface area contributed by atoms with E-state index in [1.807, 2.05) is 4.90 Å². The molecule has 0 spiro atoms. The number of carbonyl (C=O) groups is 2. The van der Waals surface area contributed by atoms with E-state index in [4.69, 9.17) is 19.2 Å². The number of hydrogen-bond acceptors (Lipinski definition) is 9. The molecule has 1 fully saturated rings. The molecular formula is C18H34N2O8. The summed E-state index contributed by atoms with van der Waals surface area (Å²) in [4.78, 5) is 34.1. The predicted molar refractivity (Wildman–Crippen MR) is 99.2 cm³/mol. The lowest BCUT2D eigenvalue weighted by molar-refractivity contribution is -0.299. The molecule has 28 heavy (non-hydrogen) atoms. The average Bonchev–Trinajstić information content (AvgIpc) is 3.00. The predicted octanol–water partition coefficient (Wildman–Crippen LogP) is -0.303. The third-order valence-corrected chi connectivity index (χ3v) is 4.16. The van der Waals surface area contributed by atoms with Crippen LogP contribution in [0.4, 0.5) is 0 Å². The van der Waals surface area contributed by atoms with Crippen LogP contribution in [0.15, 0.2) is 0 Å². The van der Waals surface area contributed by atoms with Crippen molar-refractivity contribution in [1.29, 1.82) is 0 Å². The highest BCUT2D eigenvalue weighted by Crippen LogP contribution is 2.20. The fourth-order valence-electron chi connectivity index (χ4n) is 2.70. The van der Waals surface area contributed by atoms with Gasteiger partial charge in [0, 0.05) is 26.1 Å². The van der Waals surface area contributed by atoms with E-state index in [-0.39, 0.29) is 31.5 Å². The zero-order valence-electron chi connectivity index (χ0n) is 16.9. The number of rotatable bonds is 16. The first-order chi connectivity index (χ1) is 13.5. The third-order valence-electron chi connectivity index (χ3n) is 4.16. The summed E-state index contributed by atoms with van der Waals surface area (Å²) in [5, 5.41) is 12.6. The van der Waals surface area contributed by atoms with Crippen molar-refractivity contribution in [1.82, 2.24) is 10.2 Å². The van der Waals surface area contributed by atoms with Crippen LogP contribution in [0.3, 0.4) is 0 Å². The number of methoxy groups -OCH3 is 1. The molecule has 10 nitrogen and oxygen atoms in total. The van der Waals surface area contributed by atoms with Crippen molar-refractivity contribution in [2.75, 3.05) is 66.4 Å². The molecule has 2 N–H and O–H groups in total. The highest BCUT2D eigenvalue weighted by atomic mass is 17.2. The summed E-state index contributed by atoms with van der Waals surface area (Å²) in [6, 6.07) is 0. The molecule has 0 aromatic heterocycles. The zero-order chi connectivity index (χ0) is 20.6. The molecule has 1 rings (SSSR count). The van der Waals surface area contributed by atoms with Crippen molar-refractivity contribution in [2.24, 2.45) is 5.92 Å². The minimum Gasteiger partial charge on any atom is -0.469 e. The molecule has 0 aromatic carbocycles. The fraction of sp³-hybridized carbons (Fsp3) is 0.889. The summed E-state index contributed by atoms with van der Waals surface area (Å²) in [6.45, 7) is 5.91. The lowest BCUT2D eigenvalue weighted by Crippen LogP contribution is -2.35. The van der Waals surface area contributed by atoms with Gasteiger partial charge >= 0.3 is 5.97 Å². The van der Waals surface area contributed by atoms with Crippen LogP contribution in [-0.2, 0) is 33.6 Å². The topological polar surface area (TPSA) is 116 Å². The van der Waals surface area contributed by atoms with Crippen LogP contribution in [0, 0.1) is 5.92 Å². The SMILES string of the molecule is COC(=O)CCOOCCOCCOCCNC(=O)CCN1CC(C)CC1O. The van der Waals surface area contributed by atoms with Gasteiger partial charge in [0.15, 0.2) is 0 Å². The Kier molecular flexibility index (Phi) is 13.8. The molecule has 1 heterocycles. The Morgan fingerprint density at radius 2 is 1.71 bits per heavy atom. The molecule has 0 aromatic rings. The van der Waals surface area contributed by atoms with Gasteiger partial charge < -0.3 is 24.6 Å². The molecule has 1 saturated heterocycles. The Morgan fingerprint density at radius 1 is 1.04 bits per heavy atom. The Labute approximate surface area is 166 Å². The average molecular weight is 406 g/mol. The van der Waals surface area contributed by atoms with Gasteiger partial charge in [0.25, 0.3) is 0 Å². The van der Waals surface area contributed by atoms with E-state index in [0.29, 0.717) is 51.9 Å². The van der Waals surface area contributed by atoms with Crippen molar-refractivity contribution in [3.8, 4) is 0 Å². The van der Waals surface area contributed by atoms with E-state index in [1.165, 1.54) is 7.11 Å². The van der Waals surface area contributed by atoms with Crippen LogP contribution in [0.25, 0.3) is 0 Å². The first kappa shape index (κ1) is 24.7. The van der Waals surface area contributed by atoms with Crippen LogP contribution in [0.1, 0.15) is 26.2 Å². The molecule has 1 aliphatic rings. The second kappa shape index (κ2) is 15.6. The van der Waals surface area contributed by atoms with Gasteiger partial charge in [-0.3, -0.25) is 14.5 Å². The minimum atomic E-state index is -0.428. The number of nitrogens with zero attached hydrogens (tertiary/aromatic N) is 1. The smallest absolute Gasteiger partial charge is 0.307 e. The van der Waals surface area contributed by atoms with Gasteiger partial charge in [-0.25, -0.2) is 9.78 Å². The Balaban J connectivity index is 1.80. The van der Waals surface area contributed by atoms with Gasteiger partial charge in [-0.05, 0) is 12.3 Å². The minimum absolute atomic E-state index is 0.0454. The normalized spacial score (nSPS) is 19.7. The number of nitrogens with one attached hydrogen (secondary N) is 1. The van der Waals surface area contributed by atoms with E-state index in [2.05, 4.69) is 17.0 Å². The van der Waals surface area contributed by atoms with Gasteiger partial charge in [-0.1, -0.05) is 6.92 Å². The van der Waals surface area contributed by atoms with E-state index in [9.17, 15) is 14.7 Å².